The quantitative estimate of drug-likeness (QED) is 0.519. The molecule has 29 heavy (non-hydrogen) atoms. The SMILES string of the molecule is Cn1c(C(F)(F)F)cc(=O)n(-c2cc(OC(C(N)=O)C(=O)O)c(Cl)cc2F)c1=O. The van der Waals surface area contributed by atoms with Gasteiger partial charge in [0, 0.05) is 19.2 Å². The highest BCUT2D eigenvalue weighted by atomic mass is 35.5. The molecule has 2 aromatic rings. The van der Waals surface area contributed by atoms with Crippen molar-refractivity contribution in [2.24, 2.45) is 12.8 Å². The Morgan fingerprint density at radius 1 is 1.24 bits per heavy atom. The molecule has 0 aliphatic carbocycles. The van der Waals surface area contributed by atoms with E-state index in [2.05, 4.69) is 0 Å². The molecule has 1 heterocycles. The number of hydrogen-bond donors (Lipinski definition) is 2. The lowest BCUT2D eigenvalue weighted by Gasteiger charge is -2.17. The molecule has 1 aromatic heterocycles. The second-order valence-corrected chi connectivity index (χ2v) is 5.92. The Labute approximate surface area is 162 Å². The predicted octanol–water partition coefficient (Wildman–Crippen LogP) is 0.665. The topological polar surface area (TPSA) is 134 Å². The van der Waals surface area contributed by atoms with Crippen molar-refractivity contribution >= 4 is 23.5 Å². The summed E-state index contributed by atoms with van der Waals surface area (Å²) in [6, 6.07) is 1.15. The lowest BCUT2D eigenvalue weighted by Crippen LogP contribution is -2.41. The van der Waals surface area contributed by atoms with Crippen molar-refractivity contribution in [1.29, 1.82) is 0 Å². The summed E-state index contributed by atoms with van der Waals surface area (Å²) in [7, 11) is 0.708. The smallest absolute Gasteiger partial charge is 0.431 e. The summed E-state index contributed by atoms with van der Waals surface area (Å²) < 4.78 is 58.0. The molecule has 0 aliphatic heterocycles. The minimum atomic E-state index is -5.03. The van der Waals surface area contributed by atoms with Crippen LogP contribution in [-0.4, -0.2) is 32.2 Å². The van der Waals surface area contributed by atoms with E-state index in [9.17, 15) is 36.7 Å². The van der Waals surface area contributed by atoms with Crippen molar-refractivity contribution in [3.8, 4) is 11.4 Å². The minimum Gasteiger partial charge on any atom is -0.478 e. The van der Waals surface area contributed by atoms with Gasteiger partial charge in [-0.05, 0) is 6.07 Å². The first kappa shape index (κ1) is 21.9. The van der Waals surface area contributed by atoms with Crippen LogP contribution in [-0.2, 0) is 22.8 Å². The van der Waals surface area contributed by atoms with Crippen LogP contribution < -0.4 is 21.7 Å². The van der Waals surface area contributed by atoms with Crippen LogP contribution in [0.1, 0.15) is 5.69 Å². The third kappa shape index (κ3) is 4.23. The van der Waals surface area contributed by atoms with Crippen LogP contribution >= 0.6 is 11.6 Å². The van der Waals surface area contributed by atoms with Gasteiger partial charge in [-0.3, -0.25) is 14.2 Å². The second-order valence-electron chi connectivity index (χ2n) is 5.52. The number of carbonyl (C=O) groups is 2. The van der Waals surface area contributed by atoms with Gasteiger partial charge in [-0.1, -0.05) is 11.6 Å². The van der Waals surface area contributed by atoms with Gasteiger partial charge in [0.15, 0.2) is 0 Å². The number of rotatable bonds is 5. The average molecular weight is 440 g/mol. The van der Waals surface area contributed by atoms with E-state index in [1.54, 1.807) is 0 Å². The fraction of sp³-hybridized carbons (Fsp3) is 0.200. The molecular formula is C15H10ClF4N3O6. The maximum Gasteiger partial charge on any atom is 0.431 e. The van der Waals surface area contributed by atoms with E-state index in [1.807, 2.05) is 0 Å². The van der Waals surface area contributed by atoms with Gasteiger partial charge in [-0.2, -0.15) is 13.2 Å². The van der Waals surface area contributed by atoms with E-state index in [1.165, 1.54) is 0 Å². The average Bonchev–Trinajstić information content (AvgIpc) is 2.57. The van der Waals surface area contributed by atoms with E-state index in [0.717, 1.165) is 0 Å². The summed E-state index contributed by atoms with van der Waals surface area (Å²) >= 11 is 5.71. The Hall–Kier alpha value is -3.35. The number of carboxylic acids is 1. The van der Waals surface area contributed by atoms with Gasteiger partial charge in [0.05, 0.1) is 10.7 Å². The summed E-state index contributed by atoms with van der Waals surface area (Å²) in [5.74, 6) is -5.24. The number of nitrogens with two attached hydrogens (primary N) is 1. The first-order chi connectivity index (χ1) is 13.3. The molecule has 0 saturated carbocycles. The van der Waals surface area contributed by atoms with Gasteiger partial charge in [0.25, 0.3) is 17.6 Å². The molecule has 0 radical (unpaired) electrons. The summed E-state index contributed by atoms with van der Waals surface area (Å²) in [5.41, 5.74) is -0.687. The number of aliphatic carboxylic acids is 1. The third-order valence-electron chi connectivity index (χ3n) is 3.58. The highest BCUT2D eigenvalue weighted by molar-refractivity contribution is 6.32. The third-order valence-corrected chi connectivity index (χ3v) is 3.88. The zero-order valence-corrected chi connectivity index (χ0v) is 14.9. The molecule has 0 fully saturated rings. The Kier molecular flexibility index (Phi) is 5.74. The monoisotopic (exact) mass is 439 g/mol. The molecule has 156 valence electrons. The molecule has 1 amide bonds. The lowest BCUT2D eigenvalue weighted by molar-refractivity contribution is -0.150. The highest BCUT2D eigenvalue weighted by Gasteiger charge is 2.35. The molecule has 0 bridgehead atoms. The fourth-order valence-corrected chi connectivity index (χ4v) is 2.45. The van der Waals surface area contributed by atoms with Gasteiger partial charge in [0.1, 0.15) is 17.3 Å². The number of hydrogen-bond acceptors (Lipinski definition) is 5. The Bertz CT molecular complexity index is 1110. The number of alkyl halides is 3. The van der Waals surface area contributed by atoms with Gasteiger partial charge in [0.2, 0.25) is 0 Å². The maximum atomic E-state index is 14.3. The molecule has 0 saturated heterocycles. The number of carboxylic acid groups (broad SMARTS) is 1. The number of nitrogens with zero attached hydrogens (tertiary/aromatic N) is 2. The van der Waals surface area contributed by atoms with E-state index < -0.39 is 63.4 Å². The lowest BCUT2D eigenvalue weighted by atomic mass is 10.2. The fourth-order valence-electron chi connectivity index (χ4n) is 2.26. The zero-order valence-electron chi connectivity index (χ0n) is 14.2. The second kappa shape index (κ2) is 7.58. The summed E-state index contributed by atoms with van der Waals surface area (Å²) in [6.45, 7) is 0. The van der Waals surface area contributed by atoms with E-state index in [4.69, 9.17) is 27.2 Å². The molecule has 9 nitrogen and oxygen atoms in total. The van der Waals surface area contributed by atoms with Crippen molar-refractivity contribution in [2.45, 2.75) is 12.3 Å². The normalized spacial score (nSPS) is 12.5. The Morgan fingerprint density at radius 3 is 2.31 bits per heavy atom. The number of carbonyl (C=O) groups excluding carboxylic acids is 1. The number of benzene rings is 1. The largest absolute Gasteiger partial charge is 0.478 e. The van der Waals surface area contributed by atoms with Crippen LogP contribution in [0.25, 0.3) is 5.69 Å². The van der Waals surface area contributed by atoms with Crippen LogP contribution in [0.5, 0.6) is 5.75 Å². The Morgan fingerprint density at radius 2 is 1.83 bits per heavy atom. The van der Waals surface area contributed by atoms with Crippen LogP contribution in [0.15, 0.2) is 27.8 Å². The minimum absolute atomic E-state index is 0.0494. The number of halogens is 5. The number of amides is 1. The van der Waals surface area contributed by atoms with Crippen molar-refractivity contribution in [2.75, 3.05) is 0 Å². The number of ether oxygens (including phenoxy) is 1. The standard InChI is InChI=1S/C15H10ClF4N3O6/c1-22-9(15(18,19)20)4-10(24)23(14(22)28)7-3-8(5(16)2-6(7)17)29-11(12(21)25)13(26)27/h2-4,11H,1H3,(H2,21,25)(H,26,27). The van der Waals surface area contributed by atoms with Crippen molar-refractivity contribution in [3.63, 3.8) is 0 Å². The van der Waals surface area contributed by atoms with Crippen molar-refractivity contribution in [3.05, 3.63) is 55.6 Å². The molecule has 1 aromatic carbocycles. The van der Waals surface area contributed by atoms with Crippen LogP contribution in [0, 0.1) is 5.82 Å². The van der Waals surface area contributed by atoms with Crippen LogP contribution in [0.2, 0.25) is 5.02 Å². The summed E-state index contributed by atoms with van der Waals surface area (Å²) in [6.07, 6.45) is -7.28. The van der Waals surface area contributed by atoms with Crippen molar-refractivity contribution in [1.82, 2.24) is 9.13 Å². The number of aromatic nitrogens is 2. The summed E-state index contributed by atoms with van der Waals surface area (Å²) in [5, 5.41) is 8.35. The number of primary amides is 1. The summed E-state index contributed by atoms with van der Waals surface area (Å²) in [4.78, 5) is 46.5. The molecule has 3 N–H and O–H groups in total. The molecule has 0 aliphatic rings. The first-order valence-electron chi connectivity index (χ1n) is 7.34. The molecule has 14 heteroatoms. The molecule has 2 rings (SSSR count). The maximum absolute atomic E-state index is 14.3. The van der Waals surface area contributed by atoms with Gasteiger partial charge in [-0.25, -0.2) is 18.5 Å². The Balaban J connectivity index is 2.73. The molecular weight excluding hydrogens is 430 g/mol. The predicted molar refractivity (Wildman–Crippen MR) is 88.5 cm³/mol. The van der Waals surface area contributed by atoms with Gasteiger partial charge >= 0.3 is 17.8 Å². The highest BCUT2D eigenvalue weighted by Crippen LogP contribution is 2.30. The van der Waals surface area contributed by atoms with Gasteiger partial charge in [-0.15, -0.1) is 0 Å². The van der Waals surface area contributed by atoms with Crippen molar-refractivity contribution < 1.29 is 37.0 Å². The van der Waals surface area contributed by atoms with E-state index in [-0.39, 0.29) is 15.2 Å². The van der Waals surface area contributed by atoms with Crippen LogP contribution in [0.3, 0.4) is 0 Å². The first-order valence-corrected chi connectivity index (χ1v) is 7.72. The van der Waals surface area contributed by atoms with E-state index >= 15 is 0 Å². The van der Waals surface area contributed by atoms with E-state index in [0.29, 0.717) is 19.2 Å². The van der Waals surface area contributed by atoms with Crippen LogP contribution in [0.4, 0.5) is 17.6 Å². The molecule has 1 unspecified atom stereocenters. The molecule has 0 spiro atoms. The zero-order chi connectivity index (χ0) is 22.3. The van der Waals surface area contributed by atoms with Gasteiger partial charge < -0.3 is 15.6 Å². The molecule has 1 atom stereocenters.